The Morgan fingerprint density at radius 2 is 1.80 bits per heavy atom. The summed E-state index contributed by atoms with van der Waals surface area (Å²) in [5.41, 5.74) is 9.58. The number of hydrogen-bond donors (Lipinski definition) is 2. The van der Waals surface area contributed by atoms with Crippen molar-refractivity contribution >= 4 is 17.1 Å². The molecule has 0 amide bonds. The maximum atomic E-state index is 16.4. The molecule has 4 aromatic rings. The van der Waals surface area contributed by atoms with Gasteiger partial charge in [-0.15, -0.1) is 0 Å². The Morgan fingerprint density at radius 1 is 0.950 bits per heavy atom. The van der Waals surface area contributed by atoms with E-state index in [0.717, 1.165) is 58.8 Å². The van der Waals surface area contributed by atoms with Gasteiger partial charge in [0.15, 0.2) is 5.82 Å². The molecule has 40 heavy (non-hydrogen) atoms. The number of anilines is 2. The fourth-order valence-electron chi connectivity index (χ4n) is 5.86. The second-order valence-corrected chi connectivity index (χ2v) is 10.5. The van der Waals surface area contributed by atoms with E-state index < -0.39 is 5.82 Å². The molecule has 0 bridgehead atoms. The summed E-state index contributed by atoms with van der Waals surface area (Å²) in [4.78, 5) is 24.8. The van der Waals surface area contributed by atoms with Crippen LogP contribution in [0.3, 0.4) is 0 Å². The van der Waals surface area contributed by atoms with Crippen LogP contribution < -0.4 is 10.6 Å². The largest absolute Gasteiger partial charge is 0.364 e. The number of aliphatic imine (C=N–C) groups is 1. The van der Waals surface area contributed by atoms with Gasteiger partial charge in [0.1, 0.15) is 12.4 Å². The smallest absolute Gasteiger partial charge is 0.161 e. The van der Waals surface area contributed by atoms with Crippen LogP contribution in [0, 0.1) is 5.82 Å². The lowest BCUT2D eigenvalue weighted by Gasteiger charge is -2.28. The summed E-state index contributed by atoms with van der Waals surface area (Å²) in [7, 11) is 0. The van der Waals surface area contributed by atoms with E-state index in [0.29, 0.717) is 35.6 Å². The fraction of sp³-hybridized carbons (Fsp3) is 0.258. The van der Waals surface area contributed by atoms with Crippen LogP contribution in [-0.4, -0.2) is 50.3 Å². The van der Waals surface area contributed by atoms with E-state index in [1.165, 1.54) is 12.8 Å². The highest BCUT2D eigenvalue weighted by Crippen LogP contribution is 2.38. The van der Waals surface area contributed by atoms with Gasteiger partial charge in [-0.25, -0.2) is 4.39 Å². The number of fused-ring (bicyclic) bond motifs is 2. The zero-order valence-corrected chi connectivity index (χ0v) is 22.3. The quantitative estimate of drug-likeness (QED) is 0.353. The first-order chi connectivity index (χ1) is 19.7. The molecular weight excluding hydrogens is 503 g/mol. The van der Waals surface area contributed by atoms with Crippen LogP contribution in [0.25, 0.3) is 22.4 Å². The fourth-order valence-corrected chi connectivity index (χ4v) is 5.86. The monoisotopic (exact) mass is 532 g/mol. The van der Waals surface area contributed by atoms with Gasteiger partial charge in [0, 0.05) is 54.2 Å². The summed E-state index contributed by atoms with van der Waals surface area (Å²) in [6.45, 7) is 5.39. The Labute approximate surface area is 232 Å². The first-order valence-electron chi connectivity index (χ1n) is 13.6. The Kier molecular flexibility index (Phi) is 6.28. The second kappa shape index (κ2) is 10.2. The van der Waals surface area contributed by atoms with Gasteiger partial charge in [-0.1, -0.05) is 6.07 Å². The third-order valence-electron chi connectivity index (χ3n) is 7.83. The summed E-state index contributed by atoms with van der Waals surface area (Å²) in [5.74, 6) is -0.404. The number of halogens is 1. The molecule has 8 nitrogen and oxygen atoms in total. The van der Waals surface area contributed by atoms with E-state index in [4.69, 9.17) is 4.99 Å². The average molecular weight is 533 g/mol. The number of hydrogen-bond acceptors (Lipinski definition) is 8. The number of nitrogens with one attached hydrogen (secondary N) is 2. The number of rotatable bonds is 5. The molecule has 0 aromatic carbocycles. The summed E-state index contributed by atoms with van der Waals surface area (Å²) >= 11 is 0. The van der Waals surface area contributed by atoms with Gasteiger partial charge in [0.2, 0.25) is 0 Å². The highest BCUT2D eigenvalue weighted by Gasteiger charge is 2.29. The van der Waals surface area contributed by atoms with E-state index >= 15 is 4.39 Å². The molecule has 1 fully saturated rings. The van der Waals surface area contributed by atoms with Crippen molar-refractivity contribution in [1.82, 2.24) is 24.8 Å². The molecule has 9 heteroatoms. The molecule has 7 rings (SSSR count). The molecule has 200 valence electrons. The van der Waals surface area contributed by atoms with Crippen molar-refractivity contribution in [3.8, 4) is 22.4 Å². The number of pyridine rings is 4. The average Bonchev–Trinajstić information content (AvgIpc) is 3.50. The third-order valence-corrected chi connectivity index (χ3v) is 7.83. The van der Waals surface area contributed by atoms with Crippen molar-refractivity contribution in [3.05, 3.63) is 95.4 Å². The molecule has 0 radical (unpaired) electrons. The SMILES string of the molecule is CC1=C(C2=NCNc3cnc(-c4cncc(CN5CCCC5)c4)c(F)c32)Nc2cncc(-c3cccnc3)c2C1. The highest BCUT2D eigenvalue weighted by molar-refractivity contribution is 6.19. The van der Waals surface area contributed by atoms with Gasteiger partial charge >= 0.3 is 0 Å². The van der Waals surface area contributed by atoms with Gasteiger partial charge in [0.05, 0.1) is 40.7 Å². The van der Waals surface area contributed by atoms with Crippen LogP contribution in [0.1, 0.15) is 36.5 Å². The molecule has 0 atom stereocenters. The zero-order chi connectivity index (χ0) is 27.1. The van der Waals surface area contributed by atoms with Crippen LogP contribution in [0.15, 0.2) is 77.8 Å². The number of nitrogens with zero attached hydrogens (tertiary/aromatic N) is 6. The molecule has 3 aliphatic rings. The minimum absolute atomic E-state index is 0.279. The normalized spacial score (nSPS) is 16.6. The van der Waals surface area contributed by atoms with Gasteiger partial charge in [-0.05, 0) is 68.1 Å². The van der Waals surface area contributed by atoms with Crippen LogP contribution in [0.4, 0.5) is 15.8 Å². The number of likely N-dealkylation sites (tertiary alicyclic amines) is 1. The van der Waals surface area contributed by atoms with E-state index in [1.54, 1.807) is 18.6 Å². The molecule has 7 heterocycles. The Morgan fingerprint density at radius 3 is 2.65 bits per heavy atom. The lowest BCUT2D eigenvalue weighted by Crippen LogP contribution is -2.26. The first-order valence-corrected chi connectivity index (χ1v) is 13.6. The molecule has 0 unspecified atom stereocenters. The summed E-state index contributed by atoms with van der Waals surface area (Å²) in [6.07, 6.45) is 15.7. The minimum Gasteiger partial charge on any atom is -0.364 e. The molecular formula is C31H29FN8. The van der Waals surface area contributed by atoms with E-state index in [-0.39, 0.29) is 5.69 Å². The van der Waals surface area contributed by atoms with Gasteiger partial charge in [-0.2, -0.15) is 0 Å². The Balaban J connectivity index is 1.25. The highest BCUT2D eigenvalue weighted by atomic mass is 19.1. The first kappa shape index (κ1) is 24.5. The second-order valence-electron chi connectivity index (χ2n) is 10.5. The topological polar surface area (TPSA) is 91.2 Å². The Bertz CT molecular complexity index is 1660. The summed E-state index contributed by atoms with van der Waals surface area (Å²) in [6, 6.07) is 5.96. The van der Waals surface area contributed by atoms with Crippen LogP contribution in [0.5, 0.6) is 0 Å². The van der Waals surface area contributed by atoms with E-state index in [1.807, 2.05) is 43.0 Å². The molecule has 3 aliphatic heterocycles. The maximum absolute atomic E-state index is 16.4. The van der Waals surface area contributed by atoms with Crippen LogP contribution in [0.2, 0.25) is 0 Å². The summed E-state index contributed by atoms with van der Waals surface area (Å²) in [5, 5.41) is 6.73. The van der Waals surface area contributed by atoms with E-state index in [2.05, 4.69) is 42.4 Å². The maximum Gasteiger partial charge on any atom is 0.161 e. The molecule has 1 saturated heterocycles. The molecule has 0 spiro atoms. The van der Waals surface area contributed by atoms with Crippen molar-refractivity contribution in [2.75, 3.05) is 30.4 Å². The standard InChI is InChI=1S/C31H29FN8/c1-19-9-23-24(21-5-4-6-33-12-21)14-35-15-25(23)39-29(19)31-27-26(37-18-38-31)16-36-30(28(27)32)22-10-20(11-34-13-22)17-40-7-2-3-8-40/h4-6,10-16,37,39H,2-3,7-9,17-18H2,1H3. The van der Waals surface area contributed by atoms with Crippen molar-refractivity contribution < 1.29 is 4.39 Å². The lowest BCUT2D eigenvalue weighted by molar-refractivity contribution is 0.331. The van der Waals surface area contributed by atoms with E-state index in [9.17, 15) is 0 Å². The third kappa shape index (κ3) is 4.42. The van der Waals surface area contributed by atoms with Crippen LogP contribution >= 0.6 is 0 Å². The molecule has 4 aromatic heterocycles. The van der Waals surface area contributed by atoms with Gasteiger partial charge < -0.3 is 10.6 Å². The molecule has 0 aliphatic carbocycles. The predicted molar refractivity (Wildman–Crippen MR) is 154 cm³/mol. The zero-order valence-electron chi connectivity index (χ0n) is 22.3. The van der Waals surface area contributed by atoms with Crippen molar-refractivity contribution in [1.29, 1.82) is 0 Å². The van der Waals surface area contributed by atoms with Crippen molar-refractivity contribution in [2.45, 2.75) is 32.7 Å². The van der Waals surface area contributed by atoms with Crippen molar-refractivity contribution in [3.63, 3.8) is 0 Å². The lowest BCUT2D eigenvalue weighted by atomic mass is 9.90. The van der Waals surface area contributed by atoms with Gasteiger partial charge in [-0.3, -0.25) is 29.8 Å². The summed E-state index contributed by atoms with van der Waals surface area (Å²) < 4.78 is 16.4. The minimum atomic E-state index is -0.404. The number of allylic oxidation sites excluding steroid dienone is 2. The Hall–Kier alpha value is -4.50. The van der Waals surface area contributed by atoms with Gasteiger partial charge in [0.25, 0.3) is 0 Å². The van der Waals surface area contributed by atoms with Crippen LogP contribution in [-0.2, 0) is 13.0 Å². The predicted octanol–water partition coefficient (Wildman–Crippen LogP) is 5.45. The molecule has 2 N–H and O–H groups in total. The van der Waals surface area contributed by atoms with Crippen molar-refractivity contribution in [2.24, 2.45) is 4.99 Å². The number of aromatic nitrogens is 4. The molecule has 0 saturated carbocycles.